The molecule has 0 atom stereocenters. The number of amides is 2. The normalized spacial score (nSPS) is 11.4. The van der Waals surface area contributed by atoms with E-state index in [1.165, 1.54) is 12.1 Å². The SMILES string of the molecule is Cc1c(C(=O)Nc2cccc(C(=O)NCc3ccccn3)c2)sc2nc(C(F)(F)F)ccc12. The predicted octanol–water partition coefficient (Wildman–Crippen LogP) is 5.20. The lowest BCUT2D eigenvalue weighted by Crippen LogP contribution is -2.23. The molecule has 10 heteroatoms. The molecule has 0 unspecified atom stereocenters. The summed E-state index contributed by atoms with van der Waals surface area (Å²) in [5, 5.41) is 5.95. The Kier molecular flexibility index (Phi) is 6.10. The number of nitrogens with zero attached hydrogens (tertiary/aromatic N) is 2. The molecule has 4 rings (SSSR count). The molecule has 0 fully saturated rings. The van der Waals surface area contributed by atoms with E-state index in [-0.39, 0.29) is 22.2 Å². The Morgan fingerprint density at radius 2 is 1.85 bits per heavy atom. The number of anilines is 1. The molecular formula is C23H17F3N4O2S. The number of carbonyl (C=O) groups excluding carboxylic acids is 2. The number of benzene rings is 1. The van der Waals surface area contributed by atoms with Gasteiger partial charge in [-0.25, -0.2) is 4.98 Å². The van der Waals surface area contributed by atoms with E-state index in [2.05, 4.69) is 20.6 Å². The molecule has 3 aromatic heterocycles. The van der Waals surface area contributed by atoms with E-state index in [9.17, 15) is 22.8 Å². The maximum Gasteiger partial charge on any atom is 0.433 e. The predicted molar refractivity (Wildman–Crippen MR) is 119 cm³/mol. The van der Waals surface area contributed by atoms with Gasteiger partial charge in [0.05, 0.1) is 17.1 Å². The highest BCUT2D eigenvalue weighted by Gasteiger charge is 2.33. The molecule has 0 radical (unpaired) electrons. The topological polar surface area (TPSA) is 84.0 Å². The number of alkyl halides is 3. The first-order valence-corrected chi connectivity index (χ1v) is 10.6. The molecule has 0 aliphatic heterocycles. The lowest BCUT2D eigenvalue weighted by atomic mass is 10.1. The third-order valence-corrected chi connectivity index (χ3v) is 6.04. The monoisotopic (exact) mass is 470 g/mol. The maximum absolute atomic E-state index is 13.0. The van der Waals surface area contributed by atoms with Crippen LogP contribution >= 0.6 is 11.3 Å². The number of rotatable bonds is 5. The highest BCUT2D eigenvalue weighted by atomic mass is 32.1. The molecule has 1 aromatic carbocycles. The van der Waals surface area contributed by atoms with E-state index < -0.39 is 17.8 Å². The molecule has 3 heterocycles. The van der Waals surface area contributed by atoms with E-state index in [1.54, 1.807) is 43.5 Å². The Balaban J connectivity index is 1.50. The summed E-state index contributed by atoms with van der Waals surface area (Å²) in [6.45, 7) is 1.91. The minimum atomic E-state index is -4.56. The first kappa shape index (κ1) is 22.4. The van der Waals surface area contributed by atoms with Gasteiger partial charge >= 0.3 is 6.18 Å². The van der Waals surface area contributed by atoms with E-state index in [0.29, 0.717) is 27.9 Å². The van der Waals surface area contributed by atoms with Gasteiger partial charge < -0.3 is 10.6 Å². The van der Waals surface area contributed by atoms with Crippen molar-refractivity contribution < 1.29 is 22.8 Å². The van der Waals surface area contributed by atoms with Crippen LogP contribution in [-0.4, -0.2) is 21.8 Å². The second kappa shape index (κ2) is 8.99. The van der Waals surface area contributed by atoms with Gasteiger partial charge in [-0.15, -0.1) is 11.3 Å². The van der Waals surface area contributed by atoms with Gasteiger partial charge in [-0.3, -0.25) is 14.6 Å². The van der Waals surface area contributed by atoms with Crippen LogP contribution in [0.4, 0.5) is 18.9 Å². The van der Waals surface area contributed by atoms with Crippen LogP contribution in [0.15, 0.2) is 60.8 Å². The summed E-state index contributed by atoms with van der Waals surface area (Å²) in [6.07, 6.45) is -2.93. The molecule has 0 saturated heterocycles. The zero-order chi connectivity index (χ0) is 23.6. The molecule has 2 N–H and O–H groups in total. The molecule has 0 bridgehead atoms. The molecule has 0 spiro atoms. The number of nitrogens with one attached hydrogen (secondary N) is 2. The Hall–Kier alpha value is -3.79. The fourth-order valence-corrected chi connectivity index (χ4v) is 4.25. The first-order chi connectivity index (χ1) is 15.7. The van der Waals surface area contributed by atoms with Crippen LogP contribution < -0.4 is 10.6 Å². The third-order valence-electron chi connectivity index (χ3n) is 4.84. The van der Waals surface area contributed by atoms with Crippen molar-refractivity contribution in [1.29, 1.82) is 0 Å². The summed E-state index contributed by atoms with van der Waals surface area (Å²) >= 11 is 0.888. The molecule has 6 nitrogen and oxygen atoms in total. The van der Waals surface area contributed by atoms with Crippen molar-refractivity contribution in [3.05, 3.63) is 88.2 Å². The fourth-order valence-electron chi connectivity index (χ4n) is 3.18. The summed E-state index contributed by atoms with van der Waals surface area (Å²) in [5.74, 6) is -0.825. The van der Waals surface area contributed by atoms with Crippen molar-refractivity contribution in [3.63, 3.8) is 0 Å². The van der Waals surface area contributed by atoms with Crippen LogP contribution in [-0.2, 0) is 12.7 Å². The third kappa shape index (κ3) is 5.01. The van der Waals surface area contributed by atoms with Crippen molar-refractivity contribution in [3.8, 4) is 0 Å². The first-order valence-electron chi connectivity index (χ1n) is 9.79. The quantitative estimate of drug-likeness (QED) is 0.420. The number of hydrogen-bond donors (Lipinski definition) is 2. The highest BCUT2D eigenvalue weighted by Crippen LogP contribution is 2.34. The Morgan fingerprint density at radius 3 is 2.58 bits per heavy atom. The van der Waals surface area contributed by atoms with Gasteiger partial charge in [0, 0.05) is 22.8 Å². The number of thiophene rings is 1. The number of pyridine rings is 2. The van der Waals surface area contributed by atoms with Crippen LogP contribution in [0.1, 0.15) is 37.0 Å². The molecule has 0 saturated carbocycles. The summed E-state index contributed by atoms with van der Waals surface area (Å²) < 4.78 is 38.9. The van der Waals surface area contributed by atoms with Crippen LogP contribution in [0.5, 0.6) is 0 Å². The molecule has 0 aliphatic rings. The Bertz CT molecular complexity index is 1340. The van der Waals surface area contributed by atoms with Gasteiger partial charge in [-0.2, -0.15) is 13.2 Å². The van der Waals surface area contributed by atoms with Gasteiger partial charge in [0.15, 0.2) is 0 Å². The van der Waals surface area contributed by atoms with Crippen molar-refractivity contribution >= 4 is 39.1 Å². The molecular weight excluding hydrogens is 453 g/mol. The number of aromatic nitrogens is 2. The number of hydrogen-bond acceptors (Lipinski definition) is 5. The summed E-state index contributed by atoms with van der Waals surface area (Å²) in [6, 6.07) is 14.0. The average molecular weight is 470 g/mol. The van der Waals surface area contributed by atoms with Crippen molar-refractivity contribution in [1.82, 2.24) is 15.3 Å². The lowest BCUT2D eigenvalue weighted by Gasteiger charge is -2.08. The van der Waals surface area contributed by atoms with Gasteiger partial charge in [0.2, 0.25) is 0 Å². The molecule has 168 valence electrons. The minimum absolute atomic E-state index is 0.134. The zero-order valence-corrected chi connectivity index (χ0v) is 18.1. The Labute approximate surface area is 190 Å². The largest absolute Gasteiger partial charge is 0.433 e. The summed E-state index contributed by atoms with van der Waals surface area (Å²) in [4.78, 5) is 33.5. The van der Waals surface area contributed by atoms with Gasteiger partial charge in [-0.1, -0.05) is 12.1 Å². The molecule has 0 aliphatic carbocycles. The Morgan fingerprint density at radius 1 is 1.03 bits per heavy atom. The van der Waals surface area contributed by atoms with Crippen molar-refractivity contribution in [2.24, 2.45) is 0 Å². The van der Waals surface area contributed by atoms with E-state index >= 15 is 0 Å². The van der Waals surface area contributed by atoms with Gasteiger partial charge in [-0.05, 0) is 55.0 Å². The number of carbonyl (C=O) groups is 2. The second-order valence-corrected chi connectivity index (χ2v) is 8.14. The number of halogens is 3. The summed E-state index contributed by atoms with van der Waals surface area (Å²) in [7, 11) is 0. The number of aryl methyl sites for hydroxylation is 1. The summed E-state index contributed by atoms with van der Waals surface area (Å²) in [5.41, 5.74) is 0.961. The minimum Gasteiger partial charge on any atom is -0.346 e. The smallest absolute Gasteiger partial charge is 0.346 e. The van der Waals surface area contributed by atoms with Crippen LogP contribution in [0, 0.1) is 6.92 Å². The van der Waals surface area contributed by atoms with Crippen molar-refractivity contribution in [2.75, 3.05) is 5.32 Å². The fraction of sp³-hybridized carbons (Fsp3) is 0.130. The van der Waals surface area contributed by atoms with E-state index in [0.717, 1.165) is 17.4 Å². The lowest BCUT2D eigenvalue weighted by molar-refractivity contribution is -0.140. The zero-order valence-electron chi connectivity index (χ0n) is 17.2. The van der Waals surface area contributed by atoms with E-state index in [4.69, 9.17) is 0 Å². The number of fused-ring (bicyclic) bond motifs is 1. The highest BCUT2D eigenvalue weighted by molar-refractivity contribution is 7.20. The van der Waals surface area contributed by atoms with E-state index in [1.807, 2.05) is 6.07 Å². The maximum atomic E-state index is 13.0. The standard InChI is InChI=1S/C23H17F3N4O2S/c1-13-17-8-9-18(23(24,25)26)30-22(17)33-19(13)21(32)29-15-7-4-5-14(11-15)20(31)28-12-16-6-2-3-10-27-16/h2-11H,12H2,1H3,(H,28,31)(H,29,32). The van der Waals surface area contributed by atoms with Gasteiger partial charge in [0.25, 0.3) is 11.8 Å². The van der Waals surface area contributed by atoms with Crippen LogP contribution in [0.25, 0.3) is 10.2 Å². The second-order valence-electron chi connectivity index (χ2n) is 7.14. The van der Waals surface area contributed by atoms with Gasteiger partial charge in [0.1, 0.15) is 10.5 Å². The molecule has 33 heavy (non-hydrogen) atoms. The molecule has 2 amide bonds. The molecule has 4 aromatic rings. The van der Waals surface area contributed by atoms with Crippen molar-refractivity contribution in [2.45, 2.75) is 19.6 Å². The average Bonchev–Trinajstić information content (AvgIpc) is 3.14. The van der Waals surface area contributed by atoms with Crippen LogP contribution in [0.3, 0.4) is 0 Å². The van der Waals surface area contributed by atoms with Crippen LogP contribution in [0.2, 0.25) is 0 Å².